The number of ketones is 1. The molecular weight excluding hydrogens is 212 g/mol. The first kappa shape index (κ1) is 11.2. The number of aliphatic hydroxyl groups is 1. The molecule has 0 aliphatic carbocycles. The summed E-state index contributed by atoms with van der Waals surface area (Å²) >= 11 is 0. The molecule has 88 valence electrons. The smallest absolute Gasteiger partial charge is 0.341 e. The van der Waals surface area contributed by atoms with Gasteiger partial charge < -0.3 is 15.2 Å². The Morgan fingerprint density at radius 3 is 2.94 bits per heavy atom. The second-order valence-electron chi connectivity index (χ2n) is 4.04. The number of nitrogens with zero attached hydrogens (tertiary/aromatic N) is 1. The van der Waals surface area contributed by atoms with Gasteiger partial charge in [0.05, 0.1) is 18.8 Å². The van der Waals surface area contributed by atoms with Crippen LogP contribution in [0.4, 0.5) is 4.79 Å². The molecule has 2 aliphatic rings. The quantitative estimate of drug-likeness (QED) is 0.688. The van der Waals surface area contributed by atoms with Crippen molar-refractivity contribution in [3.63, 3.8) is 0 Å². The Morgan fingerprint density at radius 2 is 2.38 bits per heavy atom. The lowest BCUT2D eigenvalue weighted by Gasteiger charge is -2.19. The van der Waals surface area contributed by atoms with E-state index in [-0.39, 0.29) is 30.3 Å². The minimum absolute atomic E-state index is 0.0380. The predicted octanol–water partition coefficient (Wildman–Crippen LogP) is -0.352. The molecule has 2 rings (SSSR count). The average Bonchev–Trinajstić information content (AvgIpc) is 2.82. The first-order valence-corrected chi connectivity index (χ1v) is 5.28. The van der Waals surface area contributed by atoms with Crippen LogP contribution in [0.2, 0.25) is 0 Å². The summed E-state index contributed by atoms with van der Waals surface area (Å²) in [4.78, 5) is 26.0. The fourth-order valence-corrected chi connectivity index (χ4v) is 2.09. The molecule has 2 N–H and O–H groups in total. The van der Waals surface area contributed by atoms with E-state index in [1.54, 1.807) is 0 Å². The normalized spacial score (nSPS) is 33.8. The molecule has 2 heterocycles. The Labute approximate surface area is 92.7 Å². The van der Waals surface area contributed by atoms with Gasteiger partial charge in [-0.3, -0.25) is 4.79 Å². The van der Waals surface area contributed by atoms with Crippen molar-refractivity contribution in [3.05, 3.63) is 0 Å². The summed E-state index contributed by atoms with van der Waals surface area (Å²) in [5.41, 5.74) is 0.230. The highest BCUT2D eigenvalue weighted by Gasteiger charge is 2.39. The van der Waals surface area contributed by atoms with Crippen molar-refractivity contribution in [1.29, 1.82) is 0 Å². The number of urea groups is 1. The summed E-state index contributed by atoms with van der Waals surface area (Å²) in [5.74, 6) is -0.223. The maximum absolute atomic E-state index is 11.3. The number of aliphatic imine (C=N–C) groups is 1. The van der Waals surface area contributed by atoms with Crippen LogP contribution in [0.5, 0.6) is 0 Å². The zero-order valence-electron chi connectivity index (χ0n) is 8.97. The van der Waals surface area contributed by atoms with Crippen LogP contribution in [0.3, 0.4) is 0 Å². The average molecular weight is 226 g/mol. The highest BCUT2D eigenvalue weighted by Crippen LogP contribution is 2.24. The molecule has 0 aromatic carbocycles. The van der Waals surface area contributed by atoms with Crippen molar-refractivity contribution in [2.24, 2.45) is 4.99 Å². The third-order valence-corrected chi connectivity index (χ3v) is 2.87. The number of amides is 2. The number of rotatable bonds is 3. The van der Waals surface area contributed by atoms with Crippen molar-refractivity contribution >= 4 is 17.5 Å². The van der Waals surface area contributed by atoms with E-state index in [4.69, 9.17) is 9.84 Å². The van der Waals surface area contributed by atoms with Crippen molar-refractivity contribution in [3.8, 4) is 0 Å². The Kier molecular flexibility index (Phi) is 3.02. The van der Waals surface area contributed by atoms with Crippen molar-refractivity contribution < 1.29 is 19.4 Å². The standard InChI is InChI=1S/C10H14N2O4/c1-5(14)8-9(12-10(15)11-8)7-3-2-6(4-13)16-7/h6-7,9,13H,2-4H2,1H3,(H,12,15)/t6-,7+,9?/m0/s1. The molecule has 6 heteroatoms. The molecule has 2 aliphatic heterocycles. The lowest BCUT2D eigenvalue weighted by Crippen LogP contribution is -2.44. The van der Waals surface area contributed by atoms with Gasteiger partial charge in [-0.25, -0.2) is 4.79 Å². The van der Waals surface area contributed by atoms with Crippen LogP contribution in [0, 0.1) is 0 Å². The summed E-state index contributed by atoms with van der Waals surface area (Å²) in [6, 6.07) is -0.951. The zero-order chi connectivity index (χ0) is 11.7. The summed E-state index contributed by atoms with van der Waals surface area (Å²) < 4.78 is 5.53. The number of hydrogen-bond donors (Lipinski definition) is 2. The minimum Gasteiger partial charge on any atom is -0.394 e. The summed E-state index contributed by atoms with van der Waals surface area (Å²) in [6.07, 6.45) is 0.989. The van der Waals surface area contributed by atoms with Crippen LogP contribution in [-0.4, -0.2) is 47.5 Å². The molecule has 2 amide bonds. The van der Waals surface area contributed by atoms with E-state index < -0.39 is 12.1 Å². The summed E-state index contributed by atoms with van der Waals surface area (Å²) in [5, 5.41) is 11.5. The van der Waals surface area contributed by atoms with Gasteiger partial charge in [-0.1, -0.05) is 0 Å². The predicted molar refractivity (Wildman–Crippen MR) is 55.4 cm³/mol. The van der Waals surface area contributed by atoms with Crippen LogP contribution in [0.1, 0.15) is 19.8 Å². The number of carbonyl (C=O) groups is 2. The second kappa shape index (κ2) is 4.31. The SMILES string of the molecule is CC(=O)C1=NC(=O)NC1[C@H]1CC[C@@H](CO)O1. The summed E-state index contributed by atoms with van der Waals surface area (Å²) in [6.45, 7) is 1.34. The van der Waals surface area contributed by atoms with Gasteiger partial charge in [0.1, 0.15) is 11.8 Å². The molecule has 0 aromatic rings. The minimum atomic E-state index is -0.494. The van der Waals surface area contributed by atoms with Crippen LogP contribution in [0.15, 0.2) is 4.99 Å². The molecule has 0 aromatic heterocycles. The van der Waals surface area contributed by atoms with Crippen molar-refractivity contribution in [1.82, 2.24) is 5.32 Å². The van der Waals surface area contributed by atoms with Crippen molar-refractivity contribution in [2.45, 2.75) is 38.0 Å². The van der Waals surface area contributed by atoms with Gasteiger partial charge in [-0.15, -0.1) is 0 Å². The van der Waals surface area contributed by atoms with Gasteiger partial charge in [0.2, 0.25) is 0 Å². The maximum Gasteiger partial charge on any atom is 0.341 e. The molecule has 0 bridgehead atoms. The van der Waals surface area contributed by atoms with Crippen LogP contribution in [-0.2, 0) is 9.53 Å². The third-order valence-electron chi connectivity index (χ3n) is 2.87. The molecule has 1 unspecified atom stereocenters. The first-order chi connectivity index (χ1) is 7.61. The molecule has 0 saturated carbocycles. The Hall–Kier alpha value is -1.27. The molecule has 1 saturated heterocycles. The zero-order valence-corrected chi connectivity index (χ0v) is 8.97. The van der Waals surface area contributed by atoms with E-state index in [9.17, 15) is 9.59 Å². The molecule has 6 nitrogen and oxygen atoms in total. The molecule has 1 fully saturated rings. The van der Waals surface area contributed by atoms with Gasteiger partial charge in [-0.05, 0) is 12.8 Å². The highest BCUT2D eigenvalue weighted by atomic mass is 16.5. The molecule has 0 radical (unpaired) electrons. The number of ether oxygens (including phenoxy) is 1. The van der Waals surface area contributed by atoms with Gasteiger partial charge in [-0.2, -0.15) is 4.99 Å². The topological polar surface area (TPSA) is 88.0 Å². The number of hydrogen-bond acceptors (Lipinski definition) is 4. The molecule has 16 heavy (non-hydrogen) atoms. The fourth-order valence-electron chi connectivity index (χ4n) is 2.09. The van der Waals surface area contributed by atoms with Gasteiger partial charge in [0, 0.05) is 6.92 Å². The van der Waals surface area contributed by atoms with Crippen LogP contribution >= 0.6 is 0 Å². The summed E-state index contributed by atoms with van der Waals surface area (Å²) in [7, 11) is 0. The number of Topliss-reactive ketones (excluding diaryl/α,β-unsaturated/α-hetero) is 1. The van der Waals surface area contributed by atoms with E-state index in [2.05, 4.69) is 10.3 Å². The lowest BCUT2D eigenvalue weighted by atomic mass is 10.0. The number of carbonyl (C=O) groups excluding carboxylic acids is 2. The van der Waals surface area contributed by atoms with Gasteiger partial charge in [0.25, 0.3) is 0 Å². The fraction of sp³-hybridized carbons (Fsp3) is 0.700. The van der Waals surface area contributed by atoms with E-state index in [0.29, 0.717) is 6.42 Å². The lowest BCUT2D eigenvalue weighted by molar-refractivity contribution is -0.111. The van der Waals surface area contributed by atoms with Gasteiger partial charge in [0.15, 0.2) is 5.78 Å². The van der Waals surface area contributed by atoms with E-state index in [1.807, 2.05) is 0 Å². The Morgan fingerprint density at radius 1 is 1.62 bits per heavy atom. The van der Waals surface area contributed by atoms with E-state index >= 15 is 0 Å². The third kappa shape index (κ3) is 1.98. The van der Waals surface area contributed by atoms with Crippen molar-refractivity contribution in [2.75, 3.05) is 6.61 Å². The molecule has 0 spiro atoms. The number of nitrogens with one attached hydrogen (secondary N) is 1. The Balaban J connectivity index is 2.08. The first-order valence-electron chi connectivity index (χ1n) is 5.28. The molecule has 3 atom stereocenters. The van der Waals surface area contributed by atoms with Gasteiger partial charge >= 0.3 is 6.03 Å². The monoisotopic (exact) mass is 226 g/mol. The number of aliphatic hydroxyl groups excluding tert-OH is 1. The maximum atomic E-state index is 11.3. The van der Waals surface area contributed by atoms with E-state index in [0.717, 1.165) is 6.42 Å². The largest absolute Gasteiger partial charge is 0.394 e. The van der Waals surface area contributed by atoms with E-state index in [1.165, 1.54) is 6.92 Å². The molecular formula is C10H14N2O4. The second-order valence-corrected chi connectivity index (χ2v) is 4.04. The highest BCUT2D eigenvalue weighted by molar-refractivity contribution is 6.44. The van der Waals surface area contributed by atoms with Crippen LogP contribution in [0.25, 0.3) is 0 Å². The van der Waals surface area contributed by atoms with Crippen LogP contribution < -0.4 is 5.32 Å². The Bertz CT molecular complexity index is 353.